The number of ketones is 1. The van der Waals surface area contributed by atoms with Crippen molar-refractivity contribution in [3.8, 4) is 28.1 Å². The van der Waals surface area contributed by atoms with Crippen LogP contribution in [0.1, 0.15) is 81.3 Å². The van der Waals surface area contributed by atoms with E-state index in [4.69, 9.17) is 13.9 Å². The lowest BCUT2D eigenvalue weighted by Gasteiger charge is -2.36. The van der Waals surface area contributed by atoms with Crippen LogP contribution in [0.2, 0.25) is 0 Å². The van der Waals surface area contributed by atoms with Crippen LogP contribution in [-0.2, 0) is 49.9 Å². The van der Waals surface area contributed by atoms with Crippen molar-refractivity contribution in [2.75, 3.05) is 20.3 Å². The zero-order valence-electron chi connectivity index (χ0n) is 35.1. The average Bonchev–Trinajstić information content (AvgIpc) is 3.88. The van der Waals surface area contributed by atoms with Gasteiger partial charge in [0.15, 0.2) is 0 Å². The topological polar surface area (TPSA) is 178 Å². The zero-order valence-corrected chi connectivity index (χ0v) is 35.1. The molecule has 2 amide bonds. The number of pyridine rings is 1. The van der Waals surface area contributed by atoms with Gasteiger partial charge in [0, 0.05) is 73.2 Å². The third-order valence-electron chi connectivity index (χ3n) is 11.5. The number of Topliss-reactive ketones (excluding diaryl/α,β-unsaturated/α-hetero) is 1. The fourth-order valence-corrected chi connectivity index (χ4v) is 8.49. The molecular weight excluding hydrogens is 765 g/mol. The number of cyclic esters (lactones) is 1. The summed E-state index contributed by atoms with van der Waals surface area (Å²) in [5.74, 6) is -3.02. The Morgan fingerprint density at radius 2 is 1.92 bits per heavy atom. The Balaban J connectivity index is 1.34. The van der Waals surface area contributed by atoms with Crippen molar-refractivity contribution in [3.05, 3.63) is 89.9 Å². The maximum absolute atomic E-state index is 14.5. The number of fused-ring (bicyclic) bond motifs is 6. The van der Waals surface area contributed by atoms with Crippen molar-refractivity contribution < 1.29 is 38.2 Å². The van der Waals surface area contributed by atoms with Gasteiger partial charge < -0.3 is 28.9 Å². The highest BCUT2D eigenvalue weighted by molar-refractivity contribution is 5.97. The van der Waals surface area contributed by atoms with Crippen LogP contribution in [0.25, 0.3) is 33.3 Å². The number of carbonyl (C=O) groups is 4. The molecule has 0 radical (unpaired) electrons. The Morgan fingerprint density at radius 3 is 2.65 bits per heavy atom. The molecule has 0 aliphatic carbocycles. The number of aryl methyl sites for hydroxylation is 1. The number of hydrazine groups is 1. The first kappa shape index (κ1) is 42.3. The largest absolute Gasteiger partial charge is 0.508 e. The second-order valence-corrected chi connectivity index (χ2v) is 17.0. The Kier molecular flexibility index (Phi) is 12.5. The molecule has 0 spiro atoms. The summed E-state index contributed by atoms with van der Waals surface area (Å²) in [6.45, 7) is 11.4. The van der Waals surface area contributed by atoms with E-state index in [9.17, 15) is 24.3 Å². The Hall–Kier alpha value is -5.86. The number of aromatic hydroxyl groups is 1. The van der Waals surface area contributed by atoms with E-state index in [1.807, 2.05) is 38.2 Å². The average molecular weight is 819 g/mol. The van der Waals surface area contributed by atoms with Crippen molar-refractivity contribution in [1.82, 2.24) is 30.3 Å². The molecule has 2 aromatic carbocycles. The highest BCUT2D eigenvalue weighted by atomic mass is 16.5. The number of hydrogen-bond donors (Lipinski definition) is 3. The van der Waals surface area contributed by atoms with Crippen LogP contribution in [0.3, 0.4) is 0 Å². The molecule has 5 heterocycles. The molecule has 7 rings (SSSR count). The SMILES string of the molecule is CCn1c(-c2cnccc2COC)c2c3cc(ccc31)-c1cc(O)cc(c1)C[C@H](NC(=O)[C@@H](CC(=O)c1ncco1)C(C)C)C(=O)N1CCC[C@H](N1)C(=O)OCC(C)(C)C2. The van der Waals surface area contributed by atoms with Gasteiger partial charge in [-0.1, -0.05) is 39.8 Å². The van der Waals surface area contributed by atoms with Crippen molar-refractivity contribution >= 4 is 34.5 Å². The van der Waals surface area contributed by atoms with E-state index in [1.54, 1.807) is 25.4 Å². The molecule has 3 atom stereocenters. The Labute approximate surface area is 349 Å². The van der Waals surface area contributed by atoms with Crippen molar-refractivity contribution in [2.24, 2.45) is 17.3 Å². The predicted octanol–water partition coefficient (Wildman–Crippen LogP) is 6.42. The van der Waals surface area contributed by atoms with E-state index in [1.165, 1.54) is 17.5 Å². The molecule has 3 aromatic heterocycles. The summed E-state index contributed by atoms with van der Waals surface area (Å²) in [4.78, 5) is 63.9. The maximum Gasteiger partial charge on any atom is 0.324 e. The van der Waals surface area contributed by atoms with Gasteiger partial charge in [0.25, 0.3) is 11.8 Å². The molecule has 316 valence electrons. The van der Waals surface area contributed by atoms with Crippen LogP contribution < -0.4 is 10.7 Å². The number of phenols is 1. The van der Waals surface area contributed by atoms with Crippen LogP contribution in [0, 0.1) is 17.3 Å². The van der Waals surface area contributed by atoms with Crippen molar-refractivity contribution in [3.63, 3.8) is 0 Å². The molecule has 1 saturated heterocycles. The van der Waals surface area contributed by atoms with E-state index in [2.05, 4.69) is 58.2 Å². The number of amides is 2. The lowest BCUT2D eigenvalue weighted by atomic mass is 9.84. The zero-order chi connectivity index (χ0) is 42.7. The number of nitrogens with zero attached hydrogens (tertiary/aromatic N) is 4. The minimum absolute atomic E-state index is 0.00206. The van der Waals surface area contributed by atoms with E-state index in [-0.39, 0.29) is 37.0 Å². The van der Waals surface area contributed by atoms with E-state index in [0.717, 1.165) is 44.4 Å². The first-order valence-electron chi connectivity index (χ1n) is 20.6. The van der Waals surface area contributed by atoms with Crippen LogP contribution in [0.5, 0.6) is 5.75 Å². The molecule has 2 aliphatic heterocycles. The molecular formula is C46H54N6O8. The summed E-state index contributed by atoms with van der Waals surface area (Å²) in [7, 11) is 1.67. The molecule has 0 unspecified atom stereocenters. The first-order chi connectivity index (χ1) is 28.8. The molecule has 3 N–H and O–H groups in total. The number of oxazole rings is 1. The summed E-state index contributed by atoms with van der Waals surface area (Å²) < 4.78 is 19.2. The number of phenolic OH excluding ortho intramolecular Hbond substituents is 1. The Morgan fingerprint density at radius 1 is 1.10 bits per heavy atom. The fraction of sp³-hybridized carbons (Fsp3) is 0.435. The number of rotatable bonds is 10. The second-order valence-electron chi connectivity index (χ2n) is 17.0. The normalized spacial score (nSPS) is 18.9. The first-order valence-corrected chi connectivity index (χ1v) is 20.6. The molecule has 14 nitrogen and oxygen atoms in total. The van der Waals surface area contributed by atoms with Crippen LogP contribution in [-0.4, -0.2) is 80.6 Å². The lowest BCUT2D eigenvalue weighted by Crippen LogP contribution is -2.61. The van der Waals surface area contributed by atoms with Crippen molar-refractivity contribution in [1.29, 1.82) is 0 Å². The standard InChI is InChI=1S/C46H54N6O8/c1-7-51-39-11-10-29-21-34(39)35(41(51)36-24-47-13-12-30(36)25-58-6)23-46(4,5)26-60-45(57)37-9-8-15-52(50-37)44(56)38(19-28-17-31(29)20-32(53)18-28)49-42(55)33(27(2)3)22-40(54)43-48-14-16-59-43/h10-14,16-18,20-21,24,27,33,37-38,50,53H,7-9,15,19,22-23,25-26H2,1-6H3,(H,49,55)/t33-,37-,38-/m0/s1. The van der Waals surface area contributed by atoms with Crippen LogP contribution in [0.15, 0.2) is 71.7 Å². The highest BCUT2D eigenvalue weighted by Crippen LogP contribution is 2.41. The minimum Gasteiger partial charge on any atom is -0.508 e. The summed E-state index contributed by atoms with van der Waals surface area (Å²) in [5.41, 5.74) is 9.78. The number of methoxy groups -OCH3 is 1. The molecule has 6 bridgehead atoms. The third kappa shape index (κ3) is 8.99. The van der Waals surface area contributed by atoms with Gasteiger partial charge in [0.1, 0.15) is 24.1 Å². The number of esters is 1. The van der Waals surface area contributed by atoms with Gasteiger partial charge in [-0.25, -0.2) is 10.4 Å². The smallest absolute Gasteiger partial charge is 0.324 e. The van der Waals surface area contributed by atoms with Crippen molar-refractivity contribution in [2.45, 2.75) is 92.0 Å². The minimum atomic E-state index is -1.12. The molecule has 60 heavy (non-hydrogen) atoms. The van der Waals surface area contributed by atoms with E-state index < -0.39 is 47.0 Å². The molecule has 2 aliphatic rings. The number of benzene rings is 2. The molecule has 5 aromatic rings. The molecule has 1 fully saturated rings. The van der Waals surface area contributed by atoms with Gasteiger partial charge in [-0.3, -0.25) is 29.2 Å². The number of ether oxygens (including phenoxy) is 2. The molecule has 0 saturated carbocycles. The van der Waals surface area contributed by atoms with Crippen LogP contribution >= 0.6 is 0 Å². The van der Waals surface area contributed by atoms with Gasteiger partial charge in [-0.2, -0.15) is 0 Å². The summed E-state index contributed by atoms with van der Waals surface area (Å²) in [6.07, 6.45) is 7.68. The van der Waals surface area contributed by atoms with Gasteiger partial charge in [0.05, 0.1) is 25.1 Å². The number of carbonyl (C=O) groups excluding carboxylic acids is 4. The number of aromatic nitrogens is 3. The molecule has 14 heteroatoms. The maximum atomic E-state index is 14.5. The fourth-order valence-electron chi connectivity index (χ4n) is 8.49. The van der Waals surface area contributed by atoms with Gasteiger partial charge in [0.2, 0.25) is 11.7 Å². The van der Waals surface area contributed by atoms with Gasteiger partial charge >= 0.3 is 5.97 Å². The monoisotopic (exact) mass is 818 g/mol. The van der Waals surface area contributed by atoms with Crippen LogP contribution in [0.4, 0.5) is 0 Å². The van der Waals surface area contributed by atoms with E-state index in [0.29, 0.717) is 44.5 Å². The second kappa shape index (κ2) is 17.8. The van der Waals surface area contributed by atoms with E-state index >= 15 is 0 Å². The number of nitrogens with one attached hydrogen (secondary N) is 2. The summed E-state index contributed by atoms with van der Waals surface area (Å²) in [6, 6.07) is 11.5. The third-order valence-corrected chi connectivity index (χ3v) is 11.5. The Bertz CT molecular complexity index is 2390. The highest BCUT2D eigenvalue weighted by Gasteiger charge is 2.37. The van der Waals surface area contributed by atoms with Gasteiger partial charge in [-0.15, -0.1) is 0 Å². The number of hydrogen-bond acceptors (Lipinski definition) is 11. The summed E-state index contributed by atoms with van der Waals surface area (Å²) in [5, 5.41) is 16.5. The predicted molar refractivity (Wildman–Crippen MR) is 224 cm³/mol. The summed E-state index contributed by atoms with van der Waals surface area (Å²) >= 11 is 0. The quantitative estimate of drug-likeness (QED) is 0.105. The van der Waals surface area contributed by atoms with Gasteiger partial charge in [-0.05, 0) is 90.3 Å². The lowest BCUT2D eigenvalue weighted by molar-refractivity contribution is -0.155.